The van der Waals surface area contributed by atoms with Crippen LogP contribution in [0.3, 0.4) is 0 Å². The zero-order valence-corrected chi connectivity index (χ0v) is 12.2. The molecular formula is C14H25N3O2. The number of aliphatic hydroxyl groups is 1. The van der Waals surface area contributed by atoms with E-state index in [1.807, 2.05) is 32.3 Å². The summed E-state index contributed by atoms with van der Waals surface area (Å²) in [5, 5.41) is 12.4. The number of nitrogens with one attached hydrogen (secondary N) is 1. The molecule has 5 nitrogen and oxygen atoms in total. The molecular weight excluding hydrogens is 242 g/mol. The van der Waals surface area contributed by atoms with E-state index < -0.39 is 5.54 Å². The molecule has 1 rings (SSSR count). The number of hydrogen-bond donors (Lipinski definition) is 3. The van der Waals surface area contributed by atoms with Crippen molar-refractivity contribution in [1.29, 1.82) is 0 Å². The molecule has 1 aromatic heterocycles. The summed E-state index contributed by atoms with van der Waals surface area (Å²) >= 11 is 0. The van der Waals surface area contributed by atoms with Crippen LogP contribution < -0.4 is 11.1 Å². The van der Waals surface area contributed by atoms with Gasteiger partial charge in [0.25, 0.3) is 5.91 Å². The van der Waals surface area contributed by atoms with Crippen LogP contribution in [0.2, 0.25) is 0 Å². The number of hydrogen-bond acceptors (Lipinski definition) is 3. The molecule has 4 N–H and O–H groups in total. The molecule has 0 aliphatic carbocycles. The minimum Gasteiger partial charge on any atom is -0.397 e. The molecule has 0 saturated heterocycles. The van der Waals surface area contributed by atoms with Crippen molar-refractivity contribution in [3.05, 3.63) is 18.0 Å². The second kappa shape index (κ2) is 6.10. The summed E-state index contributed by atoms with van der Waals surface area (Å²) in [5.74, 6) is -0.192. The molecule has 0 bridgehead atoms. The van der Waals surface area contributed by atoms with Gasteiger partial charge in [-0.25, -0.2) is 0 Å². The number of nitrogens with zero attached hydrogens (tertiary/aromatic N) is 1. The molecule has 19 heavy (non-hydrogen) atoms. The van der Waals surface area contributed by atoms with Crippen LogP contribution in [0.4, 0.5) is 5.69 Å². The number of aromatic nitrogens is 1. The fourth-order valence-electron chi connectivity index (χ4n) is 2.10. The van der Waals surface area contributed by atoms with Gasteiger partial charge in [0.05, 0.1) is 17.8 Å². The van der Waals surface area contributed by atoms with E-state index in [9.17, 15) is 9.90 Å². The van der Waals surface area contributed by atoms with Gasteiger partial charge in [0.2, 0.25) is 0 Å². The van der Waals surface area contributed by atoms with E-state index in [-0.39, 0.29) is 18.6 Å². The van der Waals surface area contributed by atoms with Gasteiger partial charge in [-0.3, -0.25) is 4.79 Å². The molecule has 1 heterocycles. The van der Waals surface area contributed by atoms with Crippen LogP contribution in [0.15, 0.2) is 12.3 Å². The van der Waals surface area contributed by atoms with E-state index in [1.54, 1.807) is 12.3 Å². The monoisotopic (exact) mass is 267 g/mol. The van der Waals surface area contributed by atoms with Crippen molar-refractivity contribution in [2.24, 2.45) is 0 Å². The van der Waals surface area contributed by atoms with Crippen molar-refractivity contribution in [3.8, 4) is 0 Å². The number of nitrogens with two attached hydrogens (primary N) is 1. The Labute approximate surface area is 114 Å². The minimum absolute atomic E-state index is 0.0659. The highest BCUT2D eigenvalue weighted by Gasteiger charge is 2.29. The first-order valence-electron chi connectivity index (χ1n) is 6.79. The highest BCUT2D eigenvalue weighted by Crippen LogP contribution is 2.19. The maximum Gasteiger partial charge on any atom is 0.268 e. The van der Waals surface area contributed by atoms with Crippen molar-refractivity contribution in [1.82, 2.24) is 9.88 Å². The largest absolute Gasteiger partial charge is 0.397 e. The van der Waals surface area contributed by atoms with Gasteiger partial charge in [0.1, 0.15) is 5.69 Å². The van der Waals surface area contributed by atoms with Gasteiger partial charge < -0.3 is 20.7 Å². The van der Waals surface area contributed by atoms with Crippen molar-refractivity contribution >= 4 is 11.6 Å². The van der Waals surface area contributed by atoms with Gasteiger partial charge in [0.15, 0.2) is 0 Å². The van der Waals surface area contributed by atoms with Crippen LogP contribution in [0.1, 0.15) is 57.1 Å². The summed E-state index contributed by atoms with van der Waals surface area (Å²) in [6.45, 7) is 7.83. The zero-order chi connectivity index (χ0) is 14.6. The van der Waals surface area contributed by atoms with Crippen molar-refractivity contribution in [3.63, 3.8) is 0 Å². The van der Waals surface area contributed by atoms with Crippen molar-refractivity contribution in [2.45, 2.75) is 52.1 Å². The lowest BCUT2D eigenvalue weighted by molar-refractivity contribution is 0.0807. The first kappa shape index (κ1) is 15.6. The SMILES string of the molecule is CCC(CC)(CO)NC(=O)c1cc(N)cn1C(C)C. The van der Waals surface area contributed by atoms with E-state index >= 15 is 0 Å². The lowest BCUT2D eigenvalue weighted by atomic mass is 9.93. The molecule has 5 heteroatoms. The molecule has 0 aromatic carbocycles. The normalized spacial score (nSPS) is 11.9. The van der Waals surface area contributed by atoms with Gasteiger partial charge >= 0.3 is 0 Å². The van der Waals surface area contributed by atoms with Gasteiger partial charge in [-0.15, -0.1) is 0 Å². The standard InChI is InChI=1S/C14H25N3O2/c1-5-14(6-2,9-18)16-13(19)12-7-11(15)8-17(12)10(3)4/h7-8,10,18H,5-6,9,15H2,1-4H3,(H,16,19). The molecule has 0 aliphatic rings. The second-order valence-electron chi connectivity index (χ2n) is 5.26. The topological polar surface area (TPSA) is 80.3 Å². The number of rotatable bonds is 6. The maximum absolute atomic E-state index is 12.4. The fraction of sp³-hybridized carbons (Fsp3) is 0.643. The number of amides is 1. The number of carbonyl (C=O) groups excluding carboxylic acids is 1. The number of carbonyl (C=O) groups is 1. The molecule has 108 valence electrons. The van der Waals surface area contributed by atoms with Gasteiger partial charge in [-0.2, -0.15) is 0 Å². The average Bonchev–Trinajstić information content (AvgIpc) is 2.78. The number of anilines is 1. The predicted octanol–water partition coefficient (Wildman–Crippen LogP) is 1.93. The molecule has 0 atom stereocenters. The molecule has 0 unspecified atom stereocenters. The Balaban J connectivity index is 3.01. The van der Waals surface area contributed by atoms with Crippen LogP contribution in [0.25, 0.3) is 0 Å². The molecule has 0 aliphatic heterocycles. The van der Waals surface area contributed by atoms with Crippen molar-refractivity contribution in [2.75, 3.05) is 12.3 Å². The first-order valence-corrected chi connectivity index (χ1v) is 6.79. The molecule has 1 amide bonds. The molecule has 1 aromatic rings. The van der Waals surface area contributed by atoms with Gasteiger partial charge in [-0.1, -0.05) is 13.8 Å². The molecule has 0 radical (unpaired) electrons. The number of aliphatic hydroxyl groups excluding tert-OH is 1. The van der Waals surface area contributed by atoms with Gasteiger partial charge in [-0.05, 0) is 32.8 Å². The average molecular weight is 267 g/mol. The first-order chi connectivity index (χ1) is 8.89. The van der Waals surface area contributed by atoms with E-state index in [4.69, 9.17) is 5.73 Å². The van der Waals surface area contributed by atoms with Crippen LogP contribution in [0.5, 0.6) is 0 Å². The smallest absolute Gasteiger partial charge is 0.268 e. The summed E-state index contributed by atoms with van der Waals surface area (Å²) in [5.41, 5.74) is 6.31. The lowest BCUT2D eigenvalue weighted by Crippen LogP contribution is -2.50. The third-order valence-electron chi connectivity index (χ3n) is 3.69. The Bertz CT molecular complexity index is 426. The second-order valence-corrected chi connectivity index (χ2v) is 5.26. The van der Waals surface area contributed by atoms with E-state index in [1.165, 1.54) is 0 Å². The summed E-state index contributed by atoms with van der Waals surface area (Å²) in [6.07, 6.45) is 3.13. The molecule has 0 fully saturated rings. The van der Waals surface area contributed by atoms with Crippen LogP contribution >= 0.6 is 0 Å². The Morgan fingerprint density at radius 3 is 2.47 bits per heavy atom. The summed E-state index contributed by atoms with van der Waals surface area (Å²) in [7, 11) is 0. The molecule has 0 spiro atoms. The van der Waals surface area contributed by atoms with Crippen molar-refractivity contribution < 1.29 is 9.90 Å². The lowest BCUT2D eigenvalue weighted by Gasteiger charge is -2.31. The highest BCUT2D eigenvalue weighted by molar-refractivity contribution is 5.94. The van der Waals surface area contributed by atoms with Crippen LogP contribution in [0, 0.1) is 0 Å². The summed E-state index contributed by atoms with van der Waals surface area (Å²) in [4.78, 5) is 12.4. The zero-order valence-electron chi connectivity index (χ0n) is 12.2. The summed E-state index contributed by atoms with van der Waals surface area (Å²) in [6, 6.07) is 1.83. The molecule has 0 saturated carbocycles. The van der Waals surface area contributed by atoms with E-state index in [0.29, 0.717) is 24.2 Å². The van der Waals surface area contributed by atoms with E-state index in [0.717, 1.165) is 0 Å². The third-order valence-corrected chi connectivity index (χ3v) is 3.69. The van der Waals surface area contributed by atoms with E-state index in [2.05, 4.69) is 5.32 Å². The predicted molar refractivity (Wildman–Crippen MR) is 77.1 cm³/mol. The summed E-state index contributed by atoms with van der Waals surface area (Å²) < 4.78 is 1.85. The Hall–Kier alpha value is -1.49. The minimum atomic E-state index is -0.558. The third kappa shape index (κ3) is 3.29. The van der Waals surface area contributed by atoms with Crippen LogP contribution in [-0.4, -0.2) is 27.7 Å². The Morgan fingerprint density at radius 1 is 1.47 bits per heavy atom. The highest BCUT2D eigenvalue weighted by atomic mass is 16.3. The van der Waals surface area contributed by atoms with Crippen LogP contribution in [-0.2, 0) is 0 Å². The number of nitrogen functional groups attached to an aromatic ring is 1. The van der Waals surface area contributed by atoms with Gasteiger partial charge in [0, 0.05) is 12.2 Å². The maximum atomic E-state index is 12.4. The Morgan fingerprint density at radius 2 is 2.05 bits per heavy atom. The fourth-order valence-corrected chi connectivity index (χ4v) is 2.10. The Kier molecular flexibility index (Phi) is 5.00. The quantitative estimate of drug-likeness (QED) is 0.736.